The smallest absolute Gasteiger partial charge is 0.0971 e. The van der Waals surface area contributed by atoms with Gasteiger partial charge in [0, 0.05) is 5.41 Å². The van der Waals surface area contributed by atoms with E-state index in [4.69, 9.17) is 11.1 Å². The predicted octanol–water partition coefficient (Wildman–Crippen LogP) is 4.23. The van der Waals surface area contributed by atoms with Crippen molar-refractivity contribution in [2.45, 2.75) is 77.0 Å². The van der Waals surface area contributed by atoms with Crippen molar-refractivity contribution in [3.63, 3.8) is 0 Å². The maximum atomic E-state index is 8.12. The Morgan fingerprint density at radius 1 is 0.824 bits per heavy atom. The molecule has 0 aromatic rings. The Hall–Kier alpha value is -0.530. The molecular formula is C15H28N2. The Balaban J connectivity index is 2.15. The molecule has 2 fully saturated rings. The third-order valence-corrected chi connectivity index (χ3v) is 5.17. The zero-order chi connectivity index (χ0) is 12.1. The fraction of sp³-hybridized carbons (Fsp3) is 0.933. The van der Waals surface area contributed by atoms with Gasteiger partial charge >= 0.3 is 0 Å². The van der Waals surface area contributed by atoms with Crippen molar-refractivity contribution in [2.75, 3.05) is 0 Å². The van der Waals surface area contributed by atoms with Crippen molar-refractivity contribution in [1.29, 1.82) is 5.41 Å². The maximum Gasteiger partial charge on any atom is 0.0971 e. The summed E-state index contributed by atoms with van der Waals surface area (Å²) in [6.45, 7) is 0. The molecule has 0 aliphatic heterocycles. The van der Waals surface area contributed by atoms with Crippen LogP contribution >= 0.6 is 0 Å². The molecule has 0 radical (unpaired) electrons. The Kier molecular flexibility index (Phi) is 4.47. The summed E-state index contributed by atoms with van der Waals surface area (Å²) in [5.74, 6) is 1.21. The van der Waals surface area contributed by atoms with Gasteiger partial charge in [-0.1, -0.05) is 51.4 Å². The van der Waals surface area contributed by atoms with Crippen LogP contribution in [-0.4, -0.2) is 5.84 Å². The highest BCUT2D eigenvalue weighted by Gasteiger charge is 2.41. The number of rotatable bonds is 2. The van der Waals surface area contributed by atoms with E-state index < -0.39 is 0 Å². The van der Waals surface area contributed by atoms with Gasteiger partial charge in [0.15, 0.2) is 0 Å². The molecule has 17 heavy (non-hydrogen) atoms. The van der Waals surface area contributed by atoms with Gasteiger partial charge in [-0.2, -0.15) is 0 Å². The zero-order valence-corrected chi connectivity index (χ0v) is 11.1. The van der Waals surface area contributed by atoms with E-state index in [0.29, 0.717) is 11.8 Å². The van der Waals surface area contributed by atoms with Crippen LogP contribution in [0, 0.1) is 16.7 Å². The Morgan fingerprint density at radius 2 is 1.29 bits per heavy atom. The van der Waals surface area contributed by atoms with Gasteiger partial charge in [0.1, 0.15) is 0 Å². The normalized spacial score (nSPS) is 27.1. The third kappa shape index (κ3) is 2.83. The molecule has 2 aliphatic carbocycles. The van der Waals surface area contributed by atoms with Gasteiger partial charge in [-0.25, -0.2) is 0 Å². The Bertz CT molecular complexity index is 244. The summed E-state index contributed by atoms with van der Waals surface area (Å²) < 4.78 is 0. The van der Waals surface area contributed by atoms with E-state index in [9.17, 15) is 0 Å². The molecule has 0 spiro atoms. The molecule has 2 saturated carbocycles. The van der Waals surface area contributed by atoms with Gasteiger partial charge in [0.25, 0.3) is 0 Å². The van der Waals surface area contributed by atoms with Crippen molar-refractivity contribution in [3.8, 4) is 0 Å². The van der Waals surface area contributed by atoms with Gasteiger partial charge in [-0.05, 0) is 31.6 Å². The molecule has 0 aromatic heterocycles. The van der Waals surface area contributed by atoms with E-state index in [1.807, 2.05) is 0 Å². The van der Waals surface area contributed by atoms with Crippen LogP contribution in [-0.2, 0) is 0 Å². The third-order valence-electron chi connectivity index (χ3n) is 5.17. The lowest BCUT2D eigenvalue weighted by Gasteiger charge is -2.39. The lowest BCUT2D eigenvalue weighted by molar-refractivity contribution is 0.196. The Labute approximate surface area is 106 Å². The van der Waals surface area contributed by atoms with Crippen LogP contribution in [0.5, 0.6) is 0 Å². The summed E-state index contributed by atoms with van der Waals surface area (Å²) in [5, 5.41) is 8.12. The minimum atomic E-state index is 0.0842. The summed E-state index contributed by atoms with van der Waals surface area (Å²) in [6, 6.07) is 0. The standard InChI is InChI=1S/C15H28N2/c16-14(17)15(11-7-3-4-8-12-15)13-9-5-1-2-6-10-13/h13H,1-12H2,(H3,16,17). The number of nitrogens with one attached hydrogen (secondary N) is 1. The van der Waals surface area contributed by atoms with Crippen LogP contribution in [0.3, 0.4) is 0 Å². The molecular weight excluding hydrogens is 208 g/mol. The van der Waals surface area contributed by atoms with Gasteiger partial charge in [0.05, 0.1) is 5.84 Å². The summed E-state index contributed by atoms with van der Waals surface area (Å²) in [7, 11) is 0. The summed E-state index contributed by atoms with van der Waals surface area (Å²) in [4.78, 5) is 0. The first-order valence-corrected chi connectivity index (χ1v) is 7.60. The molecule has 2 nitrogen and oxygen atoms in total. The minimum Gasteiger partial charge on any atom is -0.387 e. The molecule has 0 unspecified atom stereocenters. The molecule has 98 valence electrons. The fourth-order valence-electron chi connectivity index (χ4n) is 4.09. The second-order valence-corrected chi connectivity index (χ2v) is 6.17. The first-order valence-electron chi connectivity index (χ1n) is 7.60. The molecule has 0 heterocycles. The molecule has 3 N–H and O–H groups in total. The van der Waals surface area contributed by atoms with E-state index in [2.05, 4.69) is 0 Å². The molecule has 0 bridgehead atoms. The fourth-order valence-corrected chi connectivity index (χ4v) is 4.09. The second-order valence-electron chi connectivity index (χ2n) is 6.17. The van der Waals surface area contributed by atoms with Crippen molar-refractivity contribution in [3.05, 3.63) is 0 Å². The van der Waals surface area contributed by atoms with E-state index in [0.717, 1.165) is 0 Å². The first kappa shape index (κ1) is 12.9. The van der Waals surface area contributed by atoms with Crippen LogP contribution in [0.1, 0.15) is 77.0 Å². The average molecular weight is 236 g/mol. The molecule has 2 heteroatoms. The van der Waals surface area contributed by atoms with Crippen molar-refractivity contribution >= 4 is 5.84 Å². The lowest BCUT2D eigenvalue weighted by atomic mass is 9.66. The van der Waals surface area contributed by atoms with Crippen LogP contribution in [0.4, 0.5) is 0 Å². The second kappa shape index (κ2) is 5.88. The van der Waals surface area contributed by atoms with Crippen LogP contribution in [0.2, 0.25) is 0 Å². The van der Waals surface area contributed by atoms with Crippen molar-refractivity contribution in [1.82, 2.24) is 0 Å². The predicted molar refractivity (Wildman–Crippen MR) is 73.2 cm³/mol. The van der Waals surface area contributed by atoms with E-state index >= 15 is 0 Å². The molecule has 2 aliphatic rings. The minimum absolute atomic E-state index is 0.0842. The monoisotopic (exact) mass is 236 g/mol. The average Bonchev–Trinajstić information content (AvgIpc) is 2.72. The molecule has 0 aromatic carbocycles. The molecule has 0 saturated heterocycles. The van der Waals surface area contributed by atoms with Gasteiger partial charge in [-0.15, -0.1) is 0 Å². The summed E-state index contributed by atoms with van der Waals surface area (Å²) in [6.07, 6.45) is 15.8. The highest BCUT2D eigenvalue weighted by atomic mass is 14.8. The van der Waals surface area contributed by atoms with Crippen LogP contribution in [0.25, 0.3) is 0 Å². The molecule has 2 rings (SSSR count). The molecule has 0 atom stereocenters. The van der Waals surface area contributed by atoms with Crippen molar-refractivity contribution < 1.29 is 0 Å². The molecule has 0 amide bonds. The largest absolute Gasteiger partial charge is 0.387 e. The maximum absolute atomic E-state index is 8.12. The highest BCUT2D eigenvalue weighted by Crippen LogP contribution is 2.46. The number of nitrogens with two attached hydrogens (primary N) is 1. The zero-order valence-electron chi connectivity index (χ0n) is 11.1. The van der Waals surface area contributed by atoms with Crippen LogP contribution in [0.15, 0.2) is 0 Å². The van der Waals surface area contributed by atoms with Gasteiger partial charge < -0.3 is 5.73 Å². The summed E-state index contributed by atoms with van der Waals surface area (Å²) >= 11 is 0. The Morgan fingerprint density at radius 3 is 1.76 bits per heavy atom. The quantitative estimate of drug-likeness (QED) is 0.420. The number of amidine groups is 1. The van der Waals surface area contributed by atoms with Crippen LogP contribution < -0.4 is 5.73 Å². The lowest BCUT2D eigenvalue weighted by Crippen LogP contribution is -2.42. The first-order chi connectivity index (χ1) is 8.26. The van der Waals surface area contributed by atoms with Crippen molar-refractivity contribution in [2.24, 2.45) is 17.1 Å². The SMILES string of the molecule is N=C(N)C1(C2CCCCCC2)CCCCCC1. The van der Waals surface area contributed by atoms with Gasteiger partial charge in [-0.3, -0.25) is 5.41 Å². The van der Waals surface area contributed by atoms with E-state index in [-0.39, 0.29) is 5.41 Å². The number of hydrogen-bond acceptors (Lipinski definition) is 1. The number of hydrogen-bond donors (Lipinski definition) is 2. The topological polar surface area (TPSA) is 49.9 Å². The highest BCUT2D eigenvalue weighted by molar-refractivity contribution is 5.84. The van der Waals surface area contributed by atoms with E-state index in [1.54, 1.807) is 0 Å². The van der Waals surface area contributed by atoms with Gasteiger partial charge in [0.2, 0.25) is 0 Å². The summed E-state index contributed by atoms with van der Waals surface area (Å²) in [5.41, 5.74) is 6.12. The van der Waals surface area contributed by atoms with E-state index in [1.165, 1.54) is 77.0 Å².